The maximum atomic E-state index is 10.5. The van der Waals surface area contributed by atoms with E-state index in [1.165, 1.54) is 7.11 Å². The highest BCUT2D eigenvalue weighted by molar-refractivity contribution is 5.71. The van der Waals surface area contributed by atoms with Crippen LogP contribution in [-0.4, -0.2) is 24.2 Å². The van der Waals surface area contributed by atoms with Crippen molar-refractivity contribution in [3.63, 3.8) is 0 Å². The van der Waals surface area contributed by atoms with Crippen molar-refractivity contribution >= 4 is 11.9 Å². The fourth-order valence-electron chi connectivity index (χ4n) is 0.542. The van der Waals surface area contributed by atoms with Gasteiger partial charge in [-0.3, -0.25) is 9.59 Å². The van der Waals surface area contributed by atoms with Crippen LogP contribution in [0.5, 0.6) is 0 Å². The van der Waals surface area contributed by atoms with Crippen molar-refractivity contribution in [2.45, 2.75) is 70.2 Å². The van der Waals surface area contributed by atoms with E-state index in [4.69, 9.17) is 5.11 Å². The molecule has 0 saturated heterocycles. The van der Waals surface area contributed by atoms with Gasteiger partial charge in [0.2, 0.25) is 0 Å². The summed E-state index contributed by atoms with van der Waals surface area (Å²) in [4.78, 5) is 20.5. The molecule has 4 nitrogen and oxygen atoms in total. The van der Waals surface area contributed by atoms with Gasteiger partial charge in [-0.15, -0.1) is 0 Å². The molecule has 0 radical (unpaired) electrons. The van der Waals surface area contributed by atoms with Gasteiger partial charge >= 0.3 is 11.9 Å². The third kappa shape index (κ3) is 22.6. The molecule has 0 aliphatic carbocycles. The summed E-state index contributed by atoms with van der Waals surface area (Å²) in [6.45, 7) is 7.37. The first-order valence-corrected chi connectivity index (χ1v) is 5.21. The minimum atomic E-state index is -0.706. The molecule has 0 spiro atoms. The monoisotopic (exact) mass is 282 g/mol. The summed E-state index contributed by atoms with van der Waals surface area (Å²) in [5.41, 5.74) is 0. The van der Waals surface area contributed by atoms with Gasteiger partial charge in [-0.25, -0.2) is 0 Å². The SMILES string of the molecule is C.C.C.C.CCC(C)C(=O)O.CCC(C)C(=O)OC. The molecule has 0 aliphatic heterocycles. The number of carbonyl (C=O) groups is 2. The van der Waals surface area contributed by atoms with Gasteiger partial charge in [-0.2, -0.15) is 0 Å². The fourth-order valence-corrected chi connectivity index (χ4v) is 0.542. The molecule has 0 amide bonds. The molecule has 4 heteroatoms. The first kappa shape index (κ1) is 36.1. The lowest BCUT2D eigenvalue weighted by molar-refractivity contribution is -0.145. The molecule has 0 aromatic heterocycles. The van der Waals surface area contributed by atoms with E-state index in [0.717, 1.165) is 12.8 Å². The van der Waals surface area contributed by atoms with E-state index in [0.29, 0.717) is 0 Å². The molecule has 0 bridgehead atoms. The summed E-state index contributed by atoms with van der Waals surface area (Å²) in [6, 6.07) is 0. The Morgan fingerprint density at radius 3 is 1.32 bits per heavy atom. The first-order valence-electron chi connectivity index (χ1n) is 5.21. The number of aliphatic carboxylic acids is 1. The van der Waals surface area contributed by atoms with Gasteiger partial charge in [0.15, 0.2) is 0 Å². The second kappa shape index (κ2) is 22.1. The molecule has 2 atom stereocenters. The second-order valence-electron chi connectivity index (χ2n) is 3.48. The highest BCUT2D eigenvalue weighted by Gasteiger charge is 2.08. The molecule has 0 heterocycles. The number of rotatable bonds is 4. The molecule has 0 aromatic carbocycles. The second-order valence-corrected chi connectivity index (χ2v) is 3.48. The molecular formula is C15H38O4. The molecular weight excluding hydrogens is 244 g/mol. The van der Waals surface area contributed by atoms with Crippen molar-refractivity contribution in [2.75, 3.05) is 7.11 Å². The van der Waals surface area contributed by atoms with E-state index in [1.807, 2.05) is 20.8 Å². The Labute approximate surface area is 121 Å². The van der Waals surface area contributed by atoms with Gasteiger partial charge in [0.1, 0.15) is 0 Å². The fraction of sp³-hybridized carbons (Fsp3) is 0.867. The van der Waals surface area contributed by atoms with Crippen molar-refractivity contribution in [3.05, 3.63) is 0 Å². The average Bonchev–Trinajstić information content (AvgIpc) is 2.26. The summed E-state index contributed by atoms with van der Waals surface area (Å²) in [6.07, 6.45) is 1.57. The Kier molecular flexibility index (Phi) is 42.1. The van der Waals surface area contributed by atoms with E-state index in [2.05, 4.69) is 4.74 Å². The molecule has 122 valence electrons. The van der Waals surface area contributed by atoms with E-state index in [1.54, 1.807) is 6.92 Å². The van der Waals surface area contributed by atoms with Gasteiger partial charge in [0.25, 0.3) is 0 Å². The Bertz CT molecular complexity index is 191. The summed E-state index contributed by atoms with van der Waals surface area (Å²) in [5.74, 6) is -0.949. The van der Waals surface area contributed by atoms with Gasteiger partial charge in [0, 0.05) is 0 Å². The van der Waals surface area contributed by atoms with Gasteiger partial charge in [-0.05, 0) is 12.8 Å². The topological polar surface area (TPSA) is 63.6 Å². The number of carboxylic acids is 1. The molecule has 0 saturated carbocycles. The van der Waals surface area contributed by atoms with Gasteiger partial charge in [-0.1, -0.05) is 57.4 Å². The molecule has 0 aromatic rings. The number of hydrogen-bond donors (Lipinski definition) is 1. The van der Waals surface area contributed by atoms with Crippen LogP contribution < -0.4 is 0 Å². The highest BCUT2D eigenvalue weighted by atomic mass is 16.5. The third-order valence-electron chi connectivity index (χ3n) is 2.25. The summed E-state index contributed by atoms with van der Waals surface area (Å²) < 4.78 is 4.46. The van der Waals surface area contributed by atoms with Crippen molar-refractivity contribution in [2.24, 2.45) is 11.8 Å². The van der Waals surface area contributed by atoms with E-state index in [9.17, 15) is 9.59 Å². The van der Waals surface area contributed by atoms with Crippen molar-refractivity contribution in [1.82, 2.24) is 0 Å². The van der Waals surface area contributed by atoms with Gasteiger partial charge in [0.05, 0.1) is 18.9 Å². The minimum absolute atomic E-state index is 0. The Hall–Kier alpha value is -1.06. The summed E-state index contributed by atoms with van der Waals surface area (Å²) in [5, 5.41) is 8.18. The molecule has 2 unspecified atom stereocenters. The van der Waals surface area contributed by atoms with Crippen LogP contribution in [-0.2, 0) is 14.3 Å². The van der Waals surface area contributed by atoms with Crippen LogP contribution in [0.1, 0.15) is 70.2 Å². The van der Waals surface area contributed by atoms with Crippen LogP contribution in [0.4, 0.5) is 0 Å². The normalized spacial score (nSPS) is 10.4. The van der Waals surface area contributed by atoms with Crippen molar-refractivity contribution < 1.29 is 19.4 Å². The Morgan fingerprint density at radius 2 is 1.26 bits per heavy atom. The molecule has 1 N–H and O–H groups in total. The largest absolute Gasteiger partial charge is 0.481 e. The lowest BCUT2D eigenvalue weighted by Gasteiger charge is -2.02. The van der Waals surface area contributed by atoms with Crippen molar-refractivity contribution in [1.29, 1.82) is 0 Å². The van der Waals surface area contributed by atoms with Crippen LogP contribution in [0.25, 0.3) is 0 Å². The number of ether oxygens (including phenoxy) is 1. The number of methoxy groups -OCH3 is 1. The zero-order chi connectivity index (χ0) is 12.4. The molecule has 19 heavy (non-hydrogen) atoms. The lowest BCUT2D eigenvalue weighted by atomic mass is 10.1. The number of carbonyl (C=O) groups excluding carboxylic acids is 1. The number of esters is 1. The van der Waals surface area contributed by atoms with Crippen LogP contribution in [0.3, 0.4) is 0 Å². The summed E-state index contributed by atoms with van der Waals surface area (Å²) >= 11 is 0. The number of carboxylic acid groups (broad SMARTS) is 1. The van der Waals surface area contributed by atoms with E-state index < -0.39 is 5.97 Å². The quantitative estimate of drug-likeness (QED) is 0.747. The van der Waals surface area contributed by atoms with Gasteiger partial charge < -0.3 is 9.84 Å². The predicted octanol–water partition coefficient (Wildman–Crippen LogP) is 4.87. The average molecular weight is 282 g/mol. The Balaban J connectivity index is -0.0000000369. The lowest BCUT2D eigenvalue weighted by Crippen LogP contribution is -2.10. The Morgan fingerprint density at radius 1 is 0.947 bits per heavy atom. The highest BCUT2D eigenvalue weighted by Crippen LogP contribution is 2.00. The van der Waals surface area contributed by atoms with Crippen molar-refractivity contribution in [3.8, 4) is 0 Å². The van der Waals surface area contributed by atoms with Crippen LogP contribution in [0.15, 0.2) is 0 Å². The van der Waals surface area contributed by atoms with Crippen LogP contribution >= 0.6 is 0 Å². The minimum Gasteiger partial charge on any atom is -0.481 e. The maximum Gasteiger partial charge on any atom is 0.308 e. The van der Waals surface area contributed by atoms with Crippen LogP contribution in [0.2, 0.25) is 0 Å². The van der Waals surface area contributed by atoms with Crippen LogP contribution in [0, 0.1) is 11.8 Å². The summed E-state index contributed by atoms with van der Waals surface area (Å²) in [7, 11) is 1.41. The number of hydrogen-bond acceptors (Lipinski definition) is 3. The molecule has 0 aliphatic rings. The first-order chi connectivity index (χ1) is 6.90. The predicted molar refractivity (Wildman–Crippen MR) is 85.5 cm³/mol. The maximum absolute atomic E-state index is 10.5. The van der Waals surface area contributed by atoms with E-state index in [-0.39, 0.29) is 47.5 Å². The van der Waals surface area contributed by atoms with E-state index >= 15 is 0 Å². The third-order valence-corrected chi connectivity index (χ3v) is 2.25. The molecule has 0 fully saturated rings. The standard InChI is InChI=1S/C6H12O2.C5H10O2.4CH4/c1-4-5(2)6(7)8-3;1-3-4(2)5(6)7;;;;/h5H,4H2,1-3H3;4H,3H2,1-2H3,(H,6,7);4*1H4. The molecule has 0 rings (SSSR count). The smallest absolute Gasteiger partial charge is 0.308 e. The zero-order valence-electron chi connectivity index (χ0n) is 10.2. The zero-order valence-corrected chi connectivity index (χ0v) is 10.2.